The normalized spacial score (nSPS) is 12.4. The van der Waals surface area contributed by atoms with Gasteiger partial charge in [-0.25, -0.2) is 0 Å². The Balaban J connectivity index is 3.21. The number of amides is 1. The molecule has 0 atom stereocenters. The van der Waals surface area contributed by atoms with Gasteiger partial charge in [-0.05, 0) is 26.0 Å². The van der Waals surface area contributed by atoms with Crippen molar-refractivity contribution in [1.29, 1.82) is 0 Å². The molecule has 0 fully saturated rings. The maximum atomic E-state index is 12.9. The lowest BCUT2D eigenvalue weighted by atomic mass is 10.0. The Morgan fingerprint density at radius 3 is 2.26 bits per heavy atom. The van der Waals surface area contributed by atoms with Crippen LogP contribution in [0.5, 0.6) is 0 Å². The standard InChI is InChI=1S/C13H15ClF3NO/c1-12(2,8-14)18(3)11(19)9-6-4-5-7-10(9)13(15,16)17/h4-7H,8H2,1-3H3. The molecule has 0 saturated carbocycles. The summed E-state index contributed by atoms with van der Waals surface area (Å²) in [6.45, 7) is 3.38. The molecule has 0 spiro atoms. The van der Waals surface area contributed by atoms with E-state index in [9.17, 15) is 18.0 Å². The summed E-state index contributed by atoms with van der Waals surface area (Å²) >= 11 is 5.73. The van der Waals surface area contributed by atoms with Gasteiger partial charge < -0.3 is 4.90 Å². The predicted molar refractivity (Wildman–Crippen MR) is 68.3 cm³/mol. The minimum absolute atomic E-state index is 0.128. The fourth-order valence-corrected chi connectivity index (χ4v) is 1.64. The average Bonchev–Trinajstić information content (AvgIpc) is 2.36. The van der Waals surface area contributed by atoms with E-state index in [1.165, 1.54) is 30.1 Å². The fourth-order valence-electron chi connectivity index (χ4n) is 1.46. The molecule has 1 rings (SSSR count). The molecule has 1 amide bonds. The van der Waals surface area contributed by atoms with E-state index in [1.807, 2.05) is 0 Å². The summed E-state index contributed by atoms with van der Waals surface area (Å²) < 4.78 is 38.6. The summed E-state index contributed by atoms with van der Waals surface area (Å²) in [6, 6.07) is 4.73. The first kappa shape index (κ1) is 15.8. The average molecular weight is 294 g/mol. The van der Waals surface area contributed by atoms with Crippen LogP contribution >= 0.6 is 11.6 Å². The van der Waals surface area contributed by atoms with Crippen LogP contribution in [0.3, 0.4) is 0 Å². The Morgan fingerprint density at radius 2 is 1.79 bits per heavy atom. The first-order chi connectivity index (χ1) is 8.61. The van der Waals surface area contributed by atoms with Crippen molar-refractivity contribution in [2.75, 3.05) is 12.9 Å². The van der Waals surface area contributed by atoms with E-state index in [4.69, 9.17) is 11.6 Å². The van der Waals surface area contributed by atoms with Gasteiger partial charge in [0, 0.05) is 12.9 Å². The number of carbonyl (C=O) groups excluding carboxylic acids is 1. The molecule has 0 bridgehead atoms. The summed E-state index contributed by atoms with van der Waals surface area (Å²) in [5.74, 6) is -0.567. The monoisotopic (exact) mass is 293 g/mol. The molecule has 0 saturated heterocycles. The van der Waals surface area contributed by atoms with Crippen LogP contribution in [-0.2, 0) is 6.18 Å². The van der Waals surface area contributed by atoms with E-state index < -0.39 is 23.2 Å². The zero-order chi connectivity index (χ0) is 14.8. The van der Waals surface area contributed by atoms with Crippen LogP contribution in [0, 0.1) is 0 Å². The summed E-state index contributed by atoms with van der Waals surface area (Å²) in [5.41, 5.74) is -2.02. The number of hydrogen-bond donors (Lipinski definition) is 0. The Hall–Kier alpha value is -1.23. The summed E-state index contributed by atoms with van der Waals surface area (Å²) in [5, 5.41) is 0. The highest BCUT2D eigenvalue weighted by Crippen LogP contribution is 2.33. The largest absolute Gasteiger partial charge is 0.417 e. The number of hydrogen-bond acceptors (Lipinski definition) is 1. The van der Waals surface area contributed by atoms with Crippen LogP contribution in [0.15, 0.2) is 24.3 Å². The molecule has 0 aliphatic carbocycles. The fraction of sp³-hybridized carbons (Fsp3) is 0.462. The van der Waals surface area contributed by atoms with Crippen LogP contribution in [0.4, 0.5) is 13.2 Å². The highest BCUT2D eigenvalue weighted by molar-refractivity contribution is 6.18. The molecular formula is C13H15ClF3NO. The first-order valence-electron chi connectivity index (χ1n) is 5.61. The minimum atomic E-state index is -4.56. The van der Waals surface area contributed by atoms with Gasteiger partial charge in [0.15, 0.2) is 0 Å². The molecule has 19 heavy (non-hydrogen) atoms. The molecule has 0 unspecified atom stereocenters. The maximum absolute atomic E-state index is 12.9. The van der Waals surface area contributed by atoms with Gasteiger partial charge in [-0.15, -0.1) is 11.6 Å². The number of halogens is 4. The van der Waals surface area contributed by atoms with E-state index in [1.54, 1.807) is 13.8 Å². The topological polar surface area (TPSA) is 20.3 Å². The Kier molecular flexibility index (Phi) is 4.50. The van der Waals surface area contributed by atoms with Crippen LogP contribution in [0.25, 0.3) is 0 Å². The third-order valence-corrected chi connectivity index (χ3v) is 3.66. The number of alkyl halides is 4. The molecule has 0 aromatic heterocycles. The number of nitrogens with zero attached hydrogens (tertiary/aromatic N) is 1. The highest BCUT2D eigenvalue weighted by atomic mass is 35.5. The molecule has 1 aromatic carbocycles. The van der Waals surface area contributed by atoms with E-state index >= 15 is 0 Å². The Labute approximate surface area is 115 Å². The van der Waals surface area contributed by atoms with Gasteiger partial charge in [0.25, 0.3) is 5.91 Å². The second kappa shape index (κ2) is 5.41. The van der Waals surface area contributed by atoms with Crippen molar-refractivity contribution in [3.05, 3.63) is 35.4 Å². The number of carbonyl (C=O) groups is 1. The van der Waals surface area contributed by atoms with Crippen molar-refractivity contribution >= 4 is 17.5 Å². The third-order valence-electron chi connectivity index (χ3n) is 3.00. The van der Waals surface area contributed by atoms with Crippen molar-refractivity contribution < 1.29 is 18.0 Å². The van der Waals surface area contributed by atoms with E-state index in [0.717, 1.165) is 6.07 Å². The van der Waals surface area contributed by atoms with Gasteiger partial charge in [0.1, 0.15) is 0 Å². The molecule has 0 aliphatic heterocycles. The lowest BCUT2D eigenvalue weighted by Crippen LogP contribution is -2.46. The van der Waals surface area contributed by atoms with Gasteiger partial charge >= 0.3 is 6.18 Å². The zero-order valence-electron chi connectivity index (χ0n) is 10.9. The molecule has 106 valence electrons. The van der Waals surface area contributed by atoms with Crippen molar-refractivity contribution in [3.8, 4) is 0 Å². The molecule has 0 N–H and O–H groups in total. The van der Waals surface area contributed by atoms with Crippen molar-refractivity contribution in [2.24, 2.45) is 0 Å². The van der Waals surface area contributed by atoms with Gasteiger partial charge in [-0.3, -0.25) is 4.79 Å². The highest BCUT2D eigenvalue weighted by Gasteiger charge is 2.37. The molecule has 1 aromatic rings. The lowest BCUT2D eigenvalue weighted by Gasteiger charge is -2.34. The van der Waals surface area contributed by atoms with Crippen molar-refractivity contribution in [2.45, 2.75) is 25.6 Å². The molecular weight excluding hydrogens is 279 g/mol. The molecule has 6 heteroatoms. The second-order valence-corrected chi connectivity index (χ2v) is 5.12. The predicted octanol–water partition coefficient (Wildman–Crippen LogP) is 3.79. The second-order valence-electron chi connectivity index (χ2n) is 4.85. The summed E-state index contributed by atoms with van der Waals surface area (Å²) in [7, 11) is 1.44. The quantitative estimate of drug-likeness (QED) is 0.776. The smallest absolute Gasteiger partial charge is 0.335 e. The van der Waals surface area contributed by atoms with Gasteiger partial charge in [-0.2, -0.15) is 13.2 Å². The third kappa shape index (κ3) is 3.41. The lowest BCUT2D eigenvalue weighted by molar-refractivity contribution is -0.138. The number of benzene rings is 1. The van der Waals surface area contributed by atoms with Crippen LogP contribution in [0.1, 0.15) is 29.8 Å². The van der Waals surface area contributed by atoms with E-state index in [2.05, 4.69) is 0 Å². The van der Waals surface area contributed by atoms with E-state index in [0.29, 0.717) is 0 Å². The SMILES string of the molecule is CN(C(=O)c1ccccc1C(F)(F)F)C(C)(C)CCl. The first-order valence-corrected chi connectivity index (χ1v) is 6.15. The van der Waals surface area contributed by atoms with Crippen LogP contribution < -0.4 is 0 Å². The molecule has 0 heterocycles. The number of rotatable bonds is 3. The Bertz CT molecular complexity index is 471. The van der Waals surface area contributed by atoms with Gasteiger partial charge in [0.05, 0.1) is 16.7 Å². The zero-order valence-corrected chi connectivity index (χ0v) is 11.6. The Morgan fingerprint density at radius 1 is 1.26 bits per heavy atom. The van der Waals surface area contributed by atoms with Gasteiger partial charge in [0.2, 0.25) is 0 Å². The van der Waals surface area contributed by atoms with Crippen LogP contribution in [0.2, 0.25) is 0 Å². The summed E-state index contributed by atoms with van der Waals surface area (Å²) in [4.78, 5) is 13.4. The van der Waals surface area contributed by atoms with Crippen molar-refractivity contribution in [3.63, 3.8) is 0 Å². The molecule has 0 aliphatic rings. The molecule has 0 radical (unpaired) electrons. The van der Waals surface area contributed by atoms with E-state index in [-0.39, 0.29) is 11.4 Å². The van der Waals surface area contributed by atoms with Crippen molar-refractivity contribution in [1.82, 2.24) is 4.90 Å². The van der Waals surface area contributed by atoms with Gasteiger partial charge in [-0.1, -0.05) is 12.1 Å². The molecule has 2 nitrogen and oxygen atoms in total. The minimum Gasteiger partial charge on any atom is -0.335 e. The summed E-state index contributed by atoms with van der Waals surface area (Å²) in [6.07, 6.45) is -4.56. The van der Waals surface area contributed by atoms with Crippen LogP contribution in [-0.4, -0.2) is 29.3 Å². The maximum Gasteiger partial charge on any atom is 0.417 e.